The third-order valence-electron chi connectivity index (χ3n) is 6.98. The molecule has 4 aromatic rings. The van der Waals surface area contributed by atoms with Crippen LogP contribution in [0.5, 0.6) is 0 Å². The van der Waals surface area contributed by atoms with Crippen LogP contribution in [0.2, 0.25) is 0 Å². The van der Waals surface area contributed by atoms with Crippen molar-refractivity contribution in [1.82, 2.24) is 30.4 Å². The van der Waals surface area contributed by atoms with Gasteiger partial charge in [-0.2, -0.15) is 0 Å². The maximum atomic E-state index is 3.95. The molecular weight excluding hydrogens is 408 g/mol. The van der Waals surface area contributed by atoms with Gasteiger partial charge in [0.25, 0.3) is 0 Å². The van der Waals surface area contributed by atoms with Gasteiger partial charge in [0.1, 0.15) is 12.7 Å². The standard InChI is InChI=1S/C27H34N6/c1-20(14-21-6-3-2-4-7-21)32-26-12-13-28-16-23(26)9-5-8-22-17-29-27-11-10-24(15-25(22)27)33-18-30-31-19-33/h2-4,6-7,10-11,15,17-20,23,26,28-29,32H,5,8-9,12-14,16H2,1H3/t20?,23?,26-/m1/s1. The van der Waals surface area contributed by atoms with Crippen molar-refractivity contribution < 1.29 is 0 Å². The minimum atomic E-state index is 0.489. The van der Waals surface area contributed by atoms with Crippen molar-refractivity contribution in [2.75, 3.05) is 13.1 Å². The first-order valence-corrected chi connectivity index (χ1v) is 12.2. The van der Waals surface area contributed by atoms with Crippen LogP contribution in [-0.4, -0.2) is 44.9 Å². The monoisotopic (exact) mass is 442 g/mol. The molecule has 0 saturated carbocycles. The van der Waals surface area contributed by atoms with E-state index >= 15 is 0 Å². The molecule has 6 heteroatoms. The lowest BCUT2D eigenvalue weighted by molar-refractivity contribution is 0.245. The third-order valence-corrected chi connectivity index (χ3v) is 6.98. The molecule has 0 spiro atoms. The molecule has 3 heterocycles. The van der Waals surface area contributed by atoms with E-state index in [1.165, 1.54) is 41.3 Å². The molecule has 1 fully saturated rings. The normalized spacial score (nSPS) is 19.7. The molecule has 1 saturated heterocycles. The van der Waals surface area contributed by atoms with Crippen molar-refractivity contribution in [3.05, 3.63) is 78.5 Å². The van der Waals surface area contributed by atoms with E-state index in [9.17, 15) is 0 Å². The lowest BCUT2D eigenvalue weighted by Gasteiger charge is -2.35. The fraction of sp³-hybridized carbons (Fsp3) is 0.407. The van der Waals surface area contributed by atoms with Gasteiger partial charge in [-0.3, -0.25) is 4.57 Å². The molecule has 172 valence electrons. The number of fused-ring (bicyclic) bond motifs is 1. The van der Waals surface area contributed by atoms with Crippen LogP contribution < -0.4 is 10.6 Å². The van der Waals surface area contributed by atoms with Gasteiger partial charge in [0.05, 0.1) is 0 Å². The fourth-order valence-electron chi connectivity index (χ4n) is 5.26. The lowest BCUT2D eigenvalue weighted by Crippen LogP contribution is -2.50. The Labute approximate surface area is 195 Å². The molecule has 0 amide bonds. The molecule has 0 bridgehead atoms. The number of hydrogen-bond donors (Lipinski definition) is 3. The molecule has 3 atom stereocenters. The zero-order chi connectivity index (χ0) is 22.5. The Morgan fingerprint density at radius 1 is 1.12 bits per heavy atom. The first-order chi connectivity index (χ1) is 16.3. The Morgan fingerprint density at radius 2 is 1.97 bits per heavy atom. The van der Waals surface area contributed by atoms with Crippen LogP contribution in [-0.2, 0) is 12.8 Å². The van der Waals surface area contributed by atoms with Gasteiger partial charge in [-0.25, -0.2) is 0 Å². The topological polar surface area (TPSA) is 70.6 Å². The van der Waals surface area contributed by atoms with E-state index in [4.69, 9.17) is 0 Å². The highest BCUT2D eigenvalue weighted by Gasteiger charge is 2.25. The number of aryl methyl sites for hydroxylation is 1. The molecule has 6 nitrogen and oxygen atoms in total. The maximum absolute atomic E-state index is 3.95. The van der Waals surface area contributed by atoms with Crippen LogP contribution in [0.15, 0.2) is 67.4 Å². The maximum Gasteiger partial charge on any atom is 0.123 e. The summed E-state index contributed by atoms with van der Waals surface area (Å²) in [4.78, 5) is 3.44. The van der Waals surface area contributed by atoms with Gasteiger partial charge >= 0.3 is 0 Å². The van der Waals surface area contributed by atoms with Crippen molar-refractivity contribution in [3.63, 3.8) is 0 Å². The number of aromatic amines is 1. The number of nitrogens with zero attached hydrogens (tertiary/aromatic N) is 3. The SMILES string of the molecule is CC(Cc1ccccc1)N[C@@H]1CCNCC1CCCc1c[nH]c2ccc(-n3cnnc3)cc12. The summed E-state index contributed by atoms with van der Waals surface area (Å²) in [5.74, 6) is 0.676. The number of hydrogen-bond acceptors (Lipinski definition) is 4. The summed E-state index contributed by atoms with van der Waals surface area (Å²) in [6.45, 7) is 4.55. The highest BCUT2D eigenvalue weighted by atomic mass is 15.2. The summed E-state index contributed by atoms with van der Waals surface area (Å²) in [7, 11) is 0. The number of benzene rings is 2. The van der Waals surface area contributed by atoms with E-state index < -0.39 is 0 Å². The molecule has 5 rings (SSSR count). The second-order valence-electron chi connectivity index (χ2n) is 9.42. The zero-order valence-corrected chi connectivity index (χ0v) is 19.4. The molecule has 2 aromatic carbocycles. The van der Waals surface area contributed by atoms with E-state index in [1.807, 2.05) is 4.57 Å². The Hall–Kier alpha value is -2.96. The average molecular weight is 443 g/mol. The first kappa shape index (κ1) is 21.9. The van der Waals surface area contributed by atoms with Gasteiger partial charge in [0, 0.05) is 34.9 Å². The van der Waals surface area contributed by atoms with Crippen LogP contribution in [0.3, 0.4) is 0 Å². The number of rotatable bonds is 9. The highest BCUT2D eigenvalue weighted by Crippen LogP contribution is 2.25. The minimum absolute atomic E-state index is 0.489. The van der Waals surface area contributed by atoms with E-state index in [0.29, 0.717) is 18.0 Å². The molecule has 2 unspecified atom stereocenters. The van der Waals surface area contributed by atoms with Gasteiger partial charge in [0.15, 0.2) is 0 Å². The van der Waals surface area contributed by atoms with Crippen LogP contribution in [0.4, 0.5) is 0 Å². The largest absolute Gasteiger partial charge is 0.361 e. The van der Waals surface area contributed by atoms with Crippen LogP contribution in [0, 0.1) is 5.92 Å². The molecule has 1 aliphatic rings. The Bertz CT molecular complexity index is 1130. The van der Waals surface area contributed by atoms with Crippen molar-refractivity contribution in [2.45, 2.75) is 51.1 Å². The van der Waals surface area contributed by atoms with Gasteiger partial charge in [0.2, 0.25) is 0 Å². The van der Waals surface area contributed by atoms with E-state index in [-0.39, 0.29) is 0 Å². The third kappa shape index (κ3) is 5.34. The second-order valence-corrected chi connectivity index (χ2v) is 9.42. The smallest absolute Gasteiger partial charge is 0.123 e. The van der Waals surface area contributed by atoms with Gasteiger partial charge in [-0.15, -0.1) is 10.2 Å². The molecule has 0 radical (unpaired) electrons. The summed E-state index contributed by atoms with van der Waals surface area (Å²) in [6, 6.07) is 18.4. The molecular formula is C27H34N6. The van der Waals surface area contributed by atoms with E-state index in [0.717, 1.165) is 31.6 Å². The highest BCUT2D eigenvalue weighted by molar-refractivity contribution is 5.85. The van der Waals surface area contributed by atoms with E-state index in [1.54, 1.807) is 12.7 Å². The lowest BCUT2D eigenvalue weighted by atomic mass is 9.87. The number of H-pyrrole nitrogens is 1. The summed E-state index contributed by atoms with van der Waals surface area (Å²) >= 11 is 0. The minimum Gasteiger partial charge on any atom is -0.361 e. The van der Waals surface area contributed by atoms with Crippen molar-refractivity contribution in [1.29, 1.82) is 0 Å². The number of nitrogens with one attached hydrogen (secondary N) is 3. The van der Waals surface area contributed by atoms with Crippen LogP contribution in [0.1, 0.15) is 37.3 Å². The molecule has 0 aliphatic carbocycles. The first-order valence-electron chi connectivity index (χ1n) is 12.2. The predicted molar refractivity (Wildman–Crippen MR) is 134 cm³/mol. The molecule has 2 aromatic heterocycles. The summed E-state index contributed by atoms with van der Waals surface area (Å²) in [5, 5.41) is 16.7. The summed E-state index contributed by atoms with van der Waals surface area (Å²) in [5.41, 5.74) is 5.09. The molecule has 3 N–H and O–H groups in total. The Morgan fingerprint density at radius 3 is 2.82 bits per heavy atom. The summed E-state index contributed by atoms with van der Waals surface area (Å²) in [6.07, 6.45) is 11.5. The van der Waals surface area contributed by atoms with Crippen molar-refractivity contribution in [2.24, 2.45) is 5.92 Å². The zero-order valence-electron chi connectivity index (χ0n) is 19.4. The van der Waals surface area contributed by atoms with Crippen LogP contribution in [0.25, 0.3) is 16.6 Å². The number of piperidine rings is 1. The summed E-state index contributed by atoms with van der Waals surface area (Å²) < 4.78 is 1.96. The molecule has 1 aliphatic heterocycles. The van der Waals surface area contributed by atoms with Gasteiger partial charge < -0.3 is 15.6 Å². The van der Waals surface area contributed by atoms with Crippen molar-refractivity contribution >= 4 is 10.9 Å². The Kier molecular flexibility index (Phi) is 6.84. The van der Waals surface area contributed by atoms with Crippen LogP contribution >= 0.6 is 0 Å². The quantitative estimate of drug-likeness (QED) is 0.362. The Balaban J connectivity index is 1.18. The van der Waals surface area contributed by atoms with Gasteiger partial charge in [-0.1, -0.05) is 30.3 Å². The molecule has 33 heavy (non-hydrogen) atoms. The second kappa shape index (κ2) is 10.3. The fourth-order valence-corrected chi connectivity index (χ4v) is 5.26. The van der Waals surface area contributed by atoms with Gasteiger partial charge in [-0.05, 0) is 87.4 Å². The predicted octanol–water partition coefficient (Wildman–Crippen LogP) is 4.27. The van der Waals surface area contributed by atoms with Crippen molar-refractivity contribution in [3.8, 4) is 5.69 Å². The van der Waals surface area contributed by atoms with E-state index in [2.05, 4.69) is 87.5 Å². The average Bonchev–Trinajstić information content (AvgIpc) is 3.51. The number of aromatic nitrogens is 4.